The highest BCUT2D eigenvalue weighted by atomic mass is 19.3. The number of carbonyl (C=O) groups excluding carboxylic acids is 3. The summed E-state index contributed by atoms with van der Waals surface area (Å²) in [5, 5.41) is 7.70. The maximum Gasteiger partial charge on any atom is 0.264 e. The van der Waals surface area contributed by atoms with Crippen molar-refractivity contribution in [1.29, 1.82) is 0 Å². The number of carbonyl (C=O) groups is 3. The molecule has 61 heavy (non-hydrogen) atoms. The molecule has 3 aromatic heterocycles. The Morgan fingerprint density at radius 1 is 0.951 bits per heavy atom. The fourth-order valence-electron chi connectivity index (χ4n) is 9.90. The number of alkyl halides is 2. The predicted molar refractivity (Wildman–Crippen MR) is 228 cm³/mol. The monoisotopic (exact) mass is 833 g/mol. The summed E-state index contributed by atoms with van der Waals surface area (Å²) >= 11 is 0. The average Bonchev–Trinajstić information content (AvgIpc) is 3.90. The summed E-state index contributed by atoms with van der Waals surface area (Å²) in [5.74, 6) is 1.10. The number of likely N-dealkylation sites (tertiary alicyclic amines) is 1. The van der Waals surface area contributed by atoms with E-state index in [0.717, 1.165) is 75.2 Å². The standard InChI is InChI=1S/C46H53F2N9O4/c1-29(58)55-22-16-40-39(27-55)45(52(2)34-8-9-36(38(24-34)44(47)48)37-25-42-49-17-23-56(42)28-41(37)61-3)51-57(40)33-14-18-53(19-15-33)26-30-12-20-54(21-13-30)32-6-4-31(5-7-32)35-10-11-43(59)50-46(35)60/h4-9,17,23-25,28,30,33,35,44H,10-16,18-22,26-27H2,1-3H3,(H,50,59,60). The molecule has 3 fully saturated rings. The van der Waals surface area contributed by atoms with Crippen LogP contribution in [0, 0.1) is 5.92 Å². The minimum Gasteiger partial charge on any atom is -0.495 e. The van der Waals surface area contributed by atoms with Gasteiger partial charge in [-0.1, -0.05) is 18.2 Å². The second-order valence-electron chi connectivity index (χ2n) is 17.0. The lowest BCUT2D eigenvalue weighted by Crippen LogP contribution is -2.42. The summed E-state index contributed by atoms with van der Waals surface area (Å²) in [6.07, 6.45) is 8.21. The van der Waals surface area contributed by atoms with Gasteiger partial charge >= 0.3 is 0 Å². The SMILES string of the molecule is COc1cn2ccnc2cc1-c1ccc(N(C)c2nn(C3CCN(CC4CCN(c5ccc(C6CCC(=O)NC6=O)cc5)CC4)CC3)c3c2CN(C(C)=O)CC3)cc1C(F)F. The number of nitrogens with zero attached hydrogens (tertiary/aromatic N) is 8. The van der Waals surface area contributed by atoms with Crippen molar-refractivity contribution >= 4 is 40.6 Å². The largest absolute Gasteiger partial charge is 0.495 e. The number of halogens is 2. The first-order valence-corrected chi connectivity index (χ1v) is 21.5. The minimum absolute atomic E-state index is 0.00145. The van der Waals surface area contributed by atoms with Crippen LogP contribution in [0.2, 0.25) is 0 Å². The number of hydrogen-bond donors (Lipinski definition) is 1. The number of ether oxygens (including phenoxy) is 1. The van der Waals surface area contributed by atoms with Crippen LogP contribution in [0.15, 0.2) is 67.1 Å². The predicted octanol–water partition coefficient (Wildman–Crippen LogP) is 6.89. The van der Waals surface area contributed by atoms with Gasteiger partial charge in [0, 0.05) is 112 Å². The van der Waals surface area contributed by atoms with Gasteiger partial charge in [-0.25, -0.2) is 13.8 Å². The molecule has 13 nitrogen and oxygen atoms in total. The van der Waals surface area contributed by atoms with Gasteiger partial charge in [-0.2, -0.15) is 5.10 Å². The number of imidazole rings is 1. The Morgan fingerprint density at radius 2 is 1.72 bits per heavy atom. The van der Waals surface area contributed by atoms with Crippen LogP contribution in [-0.2, 0) is 27.3 Å². The van der Waals surface area contributed by atoms with E-state index in [1.165, 1.54) is 18.9 Å². The van der Waals surface area contributed by atoms with Gasteiger partial charge in [0.2, 0.25) is 17.7 Å². The van der Waals surface area contributed by atoms with Crippen LogP contribution in [0.4, 0.5) is 26.0 Å². The first kappa shape index (κ1) is 40.6. The lowest BCUT2D eigenvalue weighted by atomic mass is 9.90. The maximum atomic E-state index is 14.9. The number of benzene rings is 2. The molecule has 3 saturated heterocycles. The van der Waals surface area contributed by atoms with Crippen LogP contribution in [0.1, 0.15) is 86.2 Å². The van der Waals surface area contributed by atoms with Crippen molar-refractivity contribution in [3.63, 3.8) is 0 Å². The lowest BCUT2D eigenvalue weighted by Gasteiger charge is -2.39. The van der Waals surface area contributed by atoms with E-state index in [4.69, 9.17) is 9.84 Å². The molecule has 4 aliphatic rings. The van der Waals surface area contributed by atoms with Crippen molar-refractivity contribution in [3.8, 4) is 16.9 Å². The summed E-state index contributed by atoms with van der Waals surface area (Å²) in [7, 11) is 3.40. The fourth-order valence-corrected chi connectivity index (χ4v) is 9.90. The number of amides is 3. The summed E-state index contributed by atoms with van der Waals surface area (Å²) in [6, 6.07) is 15.3. The van der Waals surface area contributed by atoms with Gasteiger partial charge in [0.05, 0.1) is 31.8 Å². The molecule has 0 bridgehead atoms. The van der Waals surface area contributed by atoms with Gasteiger partial charge < -0.3 is 28.7 Å². The zero-order valence-corrected chi connectivity index (χ0v) is 35.0. The van der Waals surface area contributed by atoms with E-state index in [1.54, 1.807) is 42.0 Å². The molecule has 0 spiro atoms. The van der Waals surface area contributed by atoms with Crippen molar-refractivity contribution in [1.82, 2.24) is 34.3 Å². The summed E-state index contributed by atoms with van der Waals surface area (Å²) in [4.78, 5) is 49.7. The van der Waals surface area contributed by atoms with Gasteiger partial charge in [-0.05, 0) is 79.5 Å². The number of methoxy groups -OCH3 is 1. The number of aromatic nitrogens is 4. The molecule has 0 saturated carbocycles. The first-order valence-electron chi connectivity index (χ1n) is 21.5. The van der Waals surface area contributed by atoms with Crippen molar-refractivity contribution in [2.75, 3.05) is 63.2 Å². The fraction of sp³-hybridized carbons (Fsp3) is 0.457. The third-order valence-electron chi connectivity index (χ3n) is 13.4. The molecule has 9 rings (SSSR count). The number of imide groups is 1. The van der Waals surface area contributed by atoms with Crippen molar-refractivity contribution in [2.45, 2.75) is 76.8 Å². The third-order valence-corrected chi connectivity index (χ3v) is 13.4. The van der Waals surface area contributed by atoms with E-state index in [1.807, 2.05) is 35.0 Å². The molecular weight excluding hydrogens is 781 g/mol. The number of nitrogens with one attached hydrogen (secondary N) is 1. The number of fused-ring (bicyclic) bond motifs is 2. The minimum atomic E-state index is -2.74. The second kappa shape index (κ2) is 16.9. The summed E-state index contributed by atoms with van der Waals surface area (Å²) < 4.78 is 39.4. The zero-order valence-electron chi connectivity index (χ0n) is 35.0. The third kappa shape index (κ3) is 8.07. The molecular formula is C46H53F2N9O4. The van der Waals surface area contributed by atoms with Gasteiger partial charge in [0.25, 0.3) is 6.43 Å². The molecule has 1 atom stereocenters. The van der Waals surface area contributed by atoms with E-state index in [0.29, 0.717) is 72.3 Å². The Morgan fingerprint density at radius 3 is 2.43 bits per heavy atom. The Hall–Kier alpha value is -5.83. The number of rotatable bonds is 10. The Bertz CT molecular complexity index is 2430. The zero-order chi connectivity index (χ0) is 42.4. The van der Waals surface area contributed by atoms with Gasteiger partial charge in [0.15, 0.2) is 5.82 Å². The van der Waals surface area contributed by atoms with Gasteiger partial charge in [0.1, 0.15) is 11.4 Å². The Kier molecular flexibility index (Phi) is 11.2. The molecule has 4 aliphatic heterocycles. The van der Waals surface area contributed by atoms with E-state index in [2.05, 4.69) is 36.9 Å². The number of hydrogen-bond acceptors (Lipinski definition) is 9. The van der Waals surface area contributed by atoms with Crippen LogP contribution in [0.3, 0.4) is 0 Å². The molecule has 15 heteroatoms. The smallest absolute Gasteiger partial charge is 0.264 e. The van der Waals surface area contributed by atoms with E-state index >= 15 is 0 Å². The lowest BCUT2D eigenvalue weighted by molar-refractivity contribution is -0.134. The van der Waals surface area contributed by atoms with Crippen LogP contribution in [0.25, 0.3) is 16.8 Å². The number of pyridine rings is 1. The van der Waals surface area contributed by atoms with Crippen molar-refractivity contribution < 1.29 is 27.9 Å². The van der Waals surface area contributed by atoms with Crippen LogP contribution in [-0.4, -0.2) is 100 Å². The summed E-state index contributed by atoms with van der Waals surface area (Å²) in [5.41, 5.74) is 6.23. The quantitative estimate of drug-likeness (QED) is 0.150. The molecule has 320 valence electrons. The average molecular weight is 834 g/mol. The molecule has 5 aromatic rings. The molecule has 1 unspecified atom stereocenters. The van der Waals surface area contributed by atoms with Crippen molar-refractivity contribution in [2.24, 2.45) is 5.92 Å². The van der Waals surface area contributed by atoms with Crippen LogP contribution in [0.5, 0.6) is 5.75 Å². The molecule has 1 N–H and O–H groups in total. The Balaban J connectivity index is 0.868. The topological polar surface area (TPSA) is 121 Å². The second-order valence-corrected chi connectivity index (χ2v) is 17.0. The normalized spacial score (nSPS) is 19.4. The van der Waals surface area contributed by atoms with E-state index in [9.17, 15) is 23.2 Å². The number of piperidine rings is 3. The highest BCUT2D eigenvalue weighted by Crippen LogP contribution is 2.42. The van der Waals surface area contributed by atoms with Crippen LogP contribution >= 0.6 is 0 Å². The van der Waals surface area contributed by atoms with Crippen molar-refractivity contribution in [3.05, 3.63) is 89.5 Å². The molecule has 7 heterocycles. The molecule has 0 aliphatic carbocycles. The molecule has 0 radical (unpaired) electrons. The highest BCUT2D eigenvalue weighted by Gasteiger charge is 2.34. The van der Waals surface area contributed by atoms with Gasteiger partial charge in [-0.15, -0.1) is 0 Å². The Labute approximate surface area is 354 Å². The van der Waals surface area contributed by atoms with E-state index < -0.39 is 6.43 Å². The molecule has 2 aromatic carbocycles. The van der Waals surface area contributed by atoms with Gasteiger partial charge in [-0.3, -0.25) is 24.4 Å². The maximum absolute atomic E-state index is 14.9. The van der Waals surface area contributed by atoms with Crippen LogP contribution < -0.4 is 19.9 Å². The number of anilines is 3. The summed E-state index contributed by atoms with van der Waals surface area (Å²) in [6.45, 7) is 7.62. The molecule has 3 amide bonds. The first-order chi connectivity index (χ1) is 29.5. The highest BCUT2D eigenvalue weighted by molar-refractivity contribution is 6.01. The van der Waals surface area contributed by atoms with E-state index in [-0.39, 0.29) is 35.2 Å².